The first kappa shape index (κ1) is 23.0. The van der Waals surface area contributed by atoms with E-state index in [2.05, 4.69) is 45.3 Å². The van der Waals surface area contributed by atoms with Crippen molar-refractivity contribution in [2.45, 2.75) is 33.4 Å². The van der Waals surface area contributed by atoms with Gasteiger partial charge in [-0.2, -0.15) is 0 Å². The van der Waals surface area contributed by atoms with Crippen LogP contribution in [0.5, 0.6) is 5.75 Å². The summed E-state index contributed by atoms with van der Waals surface area (Å²) in [6, 6.07) is 16.3. The maximum Gasteiger partial charge on any atom is 0.191 e. The van der Waals surface area contributed by atoms with Gasteiger partial charge in [-0.3, -0.25) is 0 Å². The van der Waals surface area contributed by atoms with Gasteiger partial charge in [0.15, 0.2) is 5.96 Å². The molecule has 2 aromatic carbocycles. The van der Waals surface area contributed by atoms with Gasteiger partial charge in [-0.05, 0) is 38.5 Å². The Morgan fingerprint density at radius 1 is 1.07 bits per heavy atom. The Labute approximate surface area is 189 Å². The number of fused-ring (bicyclic) bond motifs is 1. The number of aryl methyl sites for hydroxylation is 1. The quantitative estimate of drug-likeness (QED) is 0.197. The van der Waals surface area contributed by atoms with Crippen LogP contribution in [0.15, 0.2) is 59.9 Å². The minimum absolute atomic E-state index is 0. The van der Waals surface area contributed by atoms with Crippen molar-refractivity contribution in [1.82, 2.24) is 20.2 Å². The highest BCUT2D eigenvalue weighted by molar-refractivity contribution is 14.0. The lowest BCUT2D eigenvalue weighted by atomic mass is 10.2. The van der Waals surface area contributed by atoms with E-state index in [1.807, 2.05) is 43.6 Å². The van der Waals surface area contributed by atoms with Gasteiger partial charge in [-0.25, -0.2) is 9.98 Å². The van der Waals surface area contributed by atoms with E-state index in [4.69, 9.17) is 9.73 Å². The fraction of sp³-hybridized carbons (Fsp3) is 0.364. The lowest BCUT2D eigenvalue weighted by Gasteiger charge is -2.13. The van der Waals surface area contributed by atoms with Gasteiger partial charge < -0.3 is 19.9 Å². The van der Waals surface area contributed by atoms with Crippen LogP contribution < -0.4 is 15.4 Å². The van der Waals surface area contributed by atoms with Crippen LogP contribution in [0.2, 0.25) is 0 Å². The summed E-state index contributed by atoms with van der Waals surface area (Å²) in [7, 11) is 0. The van der Waals surface area contributed by atoms with E-state index in [1.165, 1.54) is 5.52 Å². The number of ether oxygens (including phenoxy) is 1. The number of aliphatic imine (C=N–C) groups is 1. The van der Waals surface area contributed by atoms with Crippen LogP contribution in [0.1, 0.15) is 25.8 Å². The molecule has 0 unspecified atom stereocenters. The van der Waals surface area contributed by atoms with Gasteiger partial charge in [-0.1, -0.05) is 30.3 Å². The predicted octanol–water partition coefficient (Wildman–Crippen LogP) is 4.20. The largest absolute Gasteiger partial charge is 0.494 e. The van der Waals surface area contributed by atoms with Gasteiger partial charge in [0, 0.05) is 25.2 Å². The number of halogens is 1. The first-order valence-corrected chi connectivity index (χ1v) is 9.94. The highest BCUT2D eigenvalue weighted by atomic mass is 127. The van der Waals surface area contributed by atoms with Crippen molar-refractivity contribution >= 4 is 41.0 Å². The average molecular weight is 507 g/mol. The zero-order valence-corrected chi connectivity index (χ0v) is 19.4. The fourth-order valence-corrected chi connectivity index (χ4v) is 3.08. The lowest BCUT2D eigenvalue weighted by Crippen LogP contribution is -2.38. The Bertz CT molecular complexity index is 909. The van der Waals surface area contributed by atoms with E-state index in [0.717, 1.165) is 48.8 Å². The van der Waals surface area contributed by atoms with Gasteiger partial charge in [0.1, 0.15) is 5.75 Å². The zero-order valence-electron chi connectivity index (χ0n) is 17.1. The molecular formula is C22H30IN5O. The molecule has 6 nitrogen and oxygen atoms in total. The molecule has 7 heteroatoms. The van der Waals surface area contributed by atoms with E-state index < -0.39 is 0 Å². The van der Waals surface area contributed by atoms with Crippen LogP contribution in [-0.2, 0) is 13.1 Å². The minimum atomic E-state index is 0. The standard InChI is InChI=1S/C22H29N5O.HI/c1-3-23-22(25-16-18-10-5-8-13-21(18)28-4-2)24-14-9-15-27-17-26-19-11-6-7-12-20(19)27;/h5-8,10-13,17H,3-4,9,14-16H2,1-2H3,(H2,23,24,25);1H. The number of rotatable bonds is 9. The molecule has 0 atom stereocenters. The molecule has 0 radical (unpaired) electrons. The van der Waals surface area contributed by atoms with E-state index in [9.17, 15) is 0 Å². The molecule has 0 amide bonds. The number of nitrogens with one attached hydrogen (secondary N) is 2. The fourth-order valence-electron chi connectivity index (χ4n) is 3.08. The molecule has 3 rings (SSSR count). The van der Waals surface area contributed by atoms with Crippen molar-refractivity contribution < 1.29 is 4.74 Å². The van der Waals surface area contributed by atoms with Crippen molar-refractivity contribution in [3.05, 3.63) is 60.4 Å². The van der Waals surface area contributed by atoms with Gasteiger partial charge in [0.25, 0.3) is 0 Å². The number of hydrogen-bond donors (Lipinski definition) is 2. The Morgan fingerprint density at radius 3 is 2.69 bits per heavy atom. The Balaban J connectivity index is 0.00000300. The summed E-state index contributed by atoms with van der Waals surface area (Å²) in [5, 5.41) is 6.72. The van der Waals surface area contributed by atoms with Crippen molar-refractivity contribution in [2.24, 2.45) is 4.99 Å². The maximum absolute atomic E-state index is 5.69. The molecule has 0 aliphatic heterocycles. The molecule has 29 heavy (non-hydrogen) atoms. The Kier molecular flexibility index (Phi) is 9.76. The molecule has 0 fully saturated rings. The molecule has 3 aromatic rings. The second-order valence-corrected chi connectivity index (χ2v) is 6.44. The zero-order chi connectivity index (χ0) is 19.6. The first-order valence-electron chi connectivity index (χ1n) is 9.94. The highest BCUT2D eigenvalue weighted by Crippen LogP contribution is 2.18. The van der Waals surface area contributed by atoms with E-state index in [1.54, 1.807) is 0 Å². The number of imidazole rings is 1. The second-order valence-electron chi connectivity index (χ2n) is 6.44. The SMILES string of the molecule is CCNC(=NCc1ccccc1OCC)NCCCn1cnc2ccccc21.I. The van der Waals surface area contributed by atoms with Crippen molar-refractivity contribution in [3.63, 3.8) is 0 Å². The summed E-state index contributed by atoms with van der Waals surface area (Å²) >= 11 is 0. The number of hydrogen-bond acceptors (Lipinski definition) is 3. The predicted molar refractivity (Wildman–Crippen MR) is 130 cm³/mol. The van der Waals surface area contributed by atoms with Crippen molar-refractivity contribution in [1.29, 1.82) is 0 Å². The van der Waals surface area contributed by atoms with E-state index >= 15 is 0 Å². The number of guanidine groups is 1. The number of nitrogens with zero attached hydrogens (tertiary/aromatic N) is 3. The normalized spacial score (nSPS) is 11.2. The average Bonchev–Trinajstić information content (AvgIpc) is 3.13. The van der Waals surface area contributed by atoms with Gasteiger partial charge in [0.2, 0.25) is 0 Å². The van der Waals surface area contributed by atoms with Gasteiger partial charge in [-0.15, -0.1) is 24.0 Å². The van der Waals surface area contributed by atoms with Crippen LogP contribution in [-0.4, -0.2) is 35.2 Å². The topological polar surface area (TPSA) is 63.5 Å². The van der Waals surface area contributed by atoms with Gasteiger partial charge >= 0.3 is 0 Å². The summed E-state index contributed by atoms with van der Waals surface area (Å²) in [5.74, 6) is 1.72. The third-order valence-electron chi connectivity index (χ3n) is 4.42. The molecule has 0 saturated carbocycles. The van der Waals surface area contributed by atoms with E-state index in [-0.39, 0.29) is 24.0 Å². The first-order chi connectivity index (χ1) is 13.8. The van der Waals surface area contributed by atoms with Crippen LogP contribution >= 0.6 is 24.0 Å². The van der Waals surface area contributed by atoms with Crippen LogP contribution in [0.3, 0.4) is 0 Å². The molecule has 0 saturated heterocycles. The van der Waals surface area contributed by atoms with E-state index in [0.29, 0.717) is 13.2 Å². The maximum atomic E-state index is 5.69. The molecule has 0 spiro atoms. The molecule has 0 aliphatic carbocycles. The third-order valence-corrected chi connectivity index (χ3v) is 4.42. The Morgan fingerprint density at radius 2 is 1.86 bits per heavy atom. The monoisotopic (exact) mass is 507 g/mol. The van der Waals surface area contributed by atoms with Crippen molar-refractivity contribution in [2.75, 3.05) is 19.7 Å². The summed E-state index contributed by atoms with van der Waals surface area (Å²) in [6.45, 7) is 7.88. The van der Waals surface area contributed by atoms with Crippen LogP contribution in [0, 0.1) is 0 Å². The number of benzene rings is 2. The molecule has 2 N–H and O–H groups in total. The summed E-state index contributed by atoms with van der Waals surface area (Å²) in [4.78, 5) is 9.15. The van der Waals surface area contributed by atoms with Crippen LogP contribution in [0.4, 0.5) is 0 Å². The number of para-hydroxylation sites is 3. The minimum Gasteiger partial charge on any atom is -0.494 e. The smallest absolute Gasteiger partial charge is 0.191 e. The summed E-state index contributed by atoms with van der Waals surface area (Å²) < 4.78 is 7.88. The molecular weight excluding hydrogens is 477 g/mol. The lowest BCUT2D eigenvalue weighted by molar-refractivity contribution is 0.336. The summed E-state index contributed by atoms with van der Waals surface area (Å²) in [5.41, 5.74) is 3.31. The molecule has 0 aliphatic rings. The molecule has 1 heterocycles. The van der Waals surface area contributed by atoms with Crippen LogP contribution in [0.25, 0.3) is 11.0 Å². The summed E-state index contributed by atoms with van der Waals surface area (Å²) in [6.07, 6.45) is 2.90. The van der Waals surface area contributed by atoms with Crippen molar-refractivity contribution in [3.8, 4) is 5.75 Å². The third kappa shape index (κ3) is 6.62. The highest BCUT2D eigenvalue weighted by Gasteiger charge is 2.04. The number of aromatic nitrogens is 2. The molecule has 1 aromatic heterocycles. The second kappa shape index (κ2) is 12.3. The molecule has 156 valence electrons. The Hall–Kier alpha value is -2.29. The molecule has 0 bridgehead atoms. The van der Waals surface area contributed by atoms with Gasteiger partial charge in [0.05, 0.1) is 30.5 Å².